The lowest BCUT2D eigenvalue weighted by Gasteiger charge is -2.22. The highest BCUT2D eigenvalue weighted by Gasteiger charge is 2.37. The summed E-state index contributed by atoms with van der Waals surface area (Å²) in [7, 11) is 0. The molecule has 1 amide bonds. The van der Waals surface area contributed by atoms with Gasteiger partial charge in [-0.25, -0.2) is 9.37 Å². The SMILES string of the molecule is Cc1cccc2c1nc1n2CCC(=O)C1C(=O)Nc1ccccc1F. The number of aromatic nitrogens is 2. The van der Waals surface area contributed by atoms with Crippen molar-refractivity contribution in [2.24, 2.45) is 0 Å². The summed E-state index contributed by atoms with van der Waals surface area (Å²) in [5.74, 6) is -1.89. The molecule has 0 saturated heterocycles. The first kappa shape index (κ1) is 15.5. The highest BCUT2D eigenvalue weighted by atomic mass is 19.1. The van der Waals surface area contributed by atoms with E-state index < -0.39 is 17.6 Å². The van der Waals surface area contributed by atoms with E-state index in [1.807, 2.05) is 29.7 Å². The smallest absolute Gasteiger partial charge is 0.242 e. The van der Waals surface area contributed by atoms with Crippen molar-refractivity contribution in [3.8, 4) is 0 Å². The van der Waals surface area contributed by atoms with Crippen LogP contribution >= 0.6 is 0 Å². The van der Waals surface area contributed by atoms with Crippen LogP contribution in [-0.4, -0.2) is 21.2 Å². The Labute approximate surface area is 143 Å². The Kier molecular flexibility index (Phi) is 3.60. The van der Waals surface area contributed by atoms with E-state index in [1.54, 1.807) is 12.1 Å². The number of benzene rings is 2. The molecule has 5 nitrogen and oxygen atoms in total. The van der Waals surface area contributed by atoms with Crippen molar-refractivity contribution in [3.63, 3.8) is 0 Å². The fourth-order valence-corrected chi connectivity index (χ4v) is 3.30. The fourth-order valence-electron chi connectivity index (χ4n) is 3.30. The van der Waals surface area contributed by atoms with Gasteiger partial charge in [0.1, 0.15) is 11.6 Å². The van der Waals surface area contributed by atoms with Gasteiger partial charge >= 0.3 is 0 Å². The summed E-state index contributed by atoms with van der Waals surface area (Å²) in [6.45, 7) is 2.44. The van der Waals surface area contributed by atoms with E-state index in [9.17, 15) is 14.0 Å². The second-order valence-corrected chi connectivity index (χ2v) is 6.18. The third-order valence-corrected chi connectivity index (χ3v) is 4.57. The maximum absolute atomic E-state index is 13.8. The number of ketones is 1. The zero-order valence-corrected chi connectivity index (χ0v) is 13.6. The Morgan fingerprint density at radius 3 is 2.84 bits per heavy atom. The lowest BCUT2D eigenvalue weighted by Crippen LogP contribution is -2.34. The number of carbonyl (C=O) groups excluding carboxylic acids is 2. The first-order chi connectivity index (χ1) is 12.1. The van der Waals surface area contributed by atoms with Crippen molar-refractivity contribution in [1.82, 2.24) is 9.55 Å². The lowest BCUT2D eigenvalue weighted by atomic mass is 9.96. The molecule has 0 bridgehead atoms. The molecule has 1 unspecified atom stereocenters. The van der Waals surface area contributed by atoms with Gasteiger partial charge in [0.15, 0.2) is 11.7 Å². The molecule has 4 rings (SSSR count). The molecule has 0 saturated carbocycles. The number of rotatable bonds is 2. The molecule has 1 N–H and O–H groups in total. The average molecular weight is 337 g/mol. The average Bonchev–Trinajstić information content (AvgIpc) is 2.96. The highest BCUT2D eigenvalue weighted by molar-refractivity contribution is 6.12. The largest absolute Gasteiger partial charge is 0.326 e. The van der Waals surface area contributed by atoms with Gasteiger partial charge < -0.3 is 9.88 Å². The van der Waals surface area contributed by atoms with E-state index in [0.717, 1.165) is 16.6 Å². The third-order valence-electron chi connectivity index (χ3n) is 4.57. The first-order valence-electron chi connectivity index (χ1n) is 8.10. The van der Waals surface area contributed by atoms with E-state index >= 15 is 0 Å². The maximum atomic E-state index is 13.8. The molecule has 6 heteroatoms. The molecule has 126 valence electrons. The molecular formula is C19H16FN3O2. The number of amides is 1. The van der Waals surface area contributed by atoms with Crippen LogP contribution in [0.1, 0.15) is 23.7 Å². The number of hydrogen-bond acceptors (Lipinski definition) is 3. The van der Waals surface area contributed by atoms with Crippen molar-refractivity contribution in [1.29, 1.82) is 0 Å². The Morgan fingerprint density at radius 1 is 1.24 bits per heavy atom. The number of aryl methyl sites for hydroxylation is 2. The number of fused-ring (bicyclic) bond motifs is 3. The number of nitrogens with zero attached hydrogens (tertiary/aromatic N) is 2. The minimum absolute atomic E-state index is 0.0599. The molecule has 0 aliphatic carbocycles. The second-order valence-electron chi connectivity index (χ2n) is 6.18. The zero-order chi connectivity index (χ0) is 17.6. The number of imidazole rings is 1. The number of anilines is 1. The summed E-state index contributed by atoms with van der Waals surface area (Å²) in [6, 6.07) is 11.7. The number of carbonyl (C=O) groups is 2. The summed E-state index contributed by atoms with van der Waals surface area (Å²) in [6.07, 6.45) is 0.252. The van der Waals surface area contributed by atoms with E-state index in [0.29, 0.717) is 12.4 Å². The minimum Gasteiger partial charge on any atom is -0.326 e. The van der Waals surface area contributed by atoms with Crippen molar-refractivity contribution < 1.29 is 14.0 Å². The minimum atomic E-state index is -1.03. The number of Topliss-reactive ketones (excluding diaryl/α,β-unsaturated/α-hetero) is 1. The Balaban J connectivity index is 1.77. The summed E-state index contributed by atoms with van der Waals surface area (Å²) < 4.78 is 15.7. The van der Waals surface area contributed by atoms with Crippen LogP contribution in [0.3, 0.4) is 0 Å². The molecule has 0 spiro atoms. The predicted octanol–water partition coefficient (Wildman–Crippen LogP) is 3.18. The first-order valence-corrected chi connectivity index (χ1v) is 8.10. The topological polar surface area (TPSA) is 64.0 Å². The van der Waals surface area contributed by atoms with Crippen molar-refractivity contribution in [2.75, 3.05) is 5.32 Å². The van der Waals surface area contributed by atoms with Gasteiger partial charge in [0.2, 0.25) is 5.91 Å². The normalized spacial score (nSPS) is 16.7. The van der Waals surface area contributed by atoms with Crippen LogP contribution in [0, 0.1) is 12.7 Å². The van der Waals surface area contributed by atoms with Gasteiger partial charge in [0, 0.05) is 13.0 Å². The van der Waals surface area contributed by atoms with Crippen molar-refractivity contribution in [2.45, 2.75) is 25.8 Å². The van der Waals surface area contributed by atoms with Gasteiger partial charge in [-0.1, -0.05) is 24.3 Å². The number of hydrogen-bond donors (Lipinski definition) is 1. The van der Waals surface area contributed by atoms with Crippen LogP contribution in [0.15, 0.2) is 42.5 Å². The predicted molar refractivity (Wildman–Crippen MR) is 91.9 cm³/mol. The molecule has 1 aromatic heterocycles. The van der Waals surface area contributed by atoms with Gasteiger partial charge in [-0.05, 0) is 30.7 Å². The molecule has 1 atom stereocenters. The summed E-state index contributed by atoms with van der Waals surface area (Å²) in [5.41, 5.74) is 2.74. The molecule has 0 radical (unpaired) electrons. The fraction of sp³-hybridized carbons (Fsp3) is 0.211. The van der Waals surface area contributed by atoms with E-state index in [-0.39, 0.29) is 17.9 Å². The molecule has 1 aliphatic rings. The van der Waals surface area contributed by atoms with Crippen LogP contribution in [0.2, 0.25) is 0 Å². The Bertz CT molecular complexity index is 1010. The Hall–Kier alpha value is -3.02. The van der Waals surface area contributed by atoms with Crippen LogP contribution in [0.25, 0.3) is 11.0 Å². The molecule has 0 fully saturated rings. The van der Waals surface area contributed by atoms with Crippen LogP contribution in [0.4, 0.5) is 10.1 Å². The van der Waals surface area contributed by atoms with Crippen LogP contribution in [0.5, 0.6) is 0 Å². The number of nitrogens with one attached hydrogen (secondary N) is 1. The Morgan fingerprint density at radius 2 is 2.04 bits per heavy atom. The molecule has 1 aliphatic heterocycles. The van der Waals surface area contributed by atoms with E-state index in [4.69, 9.17) is 0 Å². The second kappa shape index (κ2) is 5.81. The maximum Gasteiger partial charge on any atom is 0.242 e. The van der Waals surface area contributed by atoms with Gasteiger partial charge in [0.25, 0.3) is 0 Å². The van der Waals surface area contributed by atoms with Crippen LogP contribution in [-0.2, 0) is 16.1 Å². The van der Waals surface area contributed by atoms with E-state index in [1.165, 1.54) is 12.1 Å². The molecule has 25 heavy (non-hydrogen) atoms. The third kappa shape index (κ3) is 2.50. The quantitative estimate of drug-likeness (QED) is 0.731. The standard InChI is InChI=1S/C19H16FN3O2/c1-11-5-4-8-14-17(11)22-18-16(15(24)9-10-23(14)18)19(25)21-13-7-3-2-6-12(13)20/h2-8,16H,9-10H2,1H3,(H,21,25). The van der Waals surface area contributed by atoms with Gasteiger partial charge in [-0.2, -0.15) is 0 Å². The number of para-hydroxylation sites is 2. The van der Waals surface area contributed by atoms with Gasteiger partial charge in [-0.15, -0.1) is 0 Å². The zero-order valence-electron chi connectivity index (χ0n) is 13.6. The van der Waals surface area contributed by atoms with Crippen molar-refractivity contribution >= 4 is 28.4 Å². The summed E-state index contributed by atoms with van der Waals surface area (Å²) in [4.78, 5) is 29.7. The van der Waals surface area contributed by atoms with Crippen LogP contribution < -0.4 is 5.32 Å². The molecule has 3 aromatic rings. The monoisotopic (exact) mass is 337 g/mol. The highest BCUT2D eigenvalue weighted by Crippen LogP contribution is 2.31. The molecule has 2 aromatic carbocycles. The number of halogens is 1. The van der Waals surface area contributed by atoms with Crippen molar-refractivity contribution in [3.05, 3.63) is 59.7 Å². The summed E-state index contributed by atoms with van der Waals surface area (Å²) >= 11 is 0. The summed E-state index contributed by atoms with van der Waals surface area (Å²) in [5, 5.41) is 2.52. The van der Waals surface area contributed by atoms with Gasteiger partial charge in [0.05, 0.1) is 16.7 Å². The lowest BCUT2D eigenvalue weighted by molar-refractivity contribution is -0.128. The molecule has 2 heterocycles. The van der Waals surface area contributed by atoms with E-state index in [2.05, 4.69) is 10.3 Å². The van der Waals surface area contributed by atoms with Gasteiger partial charge in [-0.3, -0.25) is 9.59 Å². The molecular weight excluding hydrogens is 321 g/mol.